The van der Waals surface area contributed by atoms with Gasteiger partial charge < -0.3 is 10.4 Å². The summed E-state index contributed by atoms with van der Waals surface area (Å²) in [7, 11) is 0. The summed E-state index contributed by atoms with van der Waals surface area (Å²) in [6.45, 7) is 2.02. The summed E-state index contributed by atoms with van der Waals surface area (Å²) >= 11 is 1.75. The molecular formula is C12H21NO2S. The zero-order chi connectivity index (χ0) is 11.6. The Morgan fingerprint density at radius 2 is 2.12 bits per heavy atom. The van der Waals surface area contributed by atoms with Crippen molar-refractivity contribution in [2.45, 2.75) is 62.3 Å². The van der Waals surface area contributed by atoms with Gasteiger partial charge in [0.05, 0.1) is 16.9 Å². The number of hydrogen-bond donors (Lipinski definition) is 2. The molecule has 2 fully saturated rings. The van der Waals surface area contributed by atoms with Crippen molar-refractivity contribution in [1.82, 2.24) is 5.32 Å². The highest BCUT2D eigenvalue weighted by Crippen LogP contribution is 2.38. The number of carbonyl (C=O) groups is 1. The van der Waals surface area contributed by atoms with Crippen LogP contribution in [0.5, 0.6) is 0 Å². The van der Waals surface area contributed by atoms with Gasteiger partial charge in [-0.3, -0.25) is 4.79 Å². The maximum atomic E-state index is 12.1. The summed E-state index contributed by atoms with van der Waals surface area (Å²) < 4.78 is -0.253. The molecule has 1 saturated heterocycles. The van der Waals surface area contributed by atoms with Crippen LogP contribution in [0.4, 0.5) is 0 Å². The Balaban J connectivity index is 1.90. The molecule has 1 amide bonds. The number of thioether (sulfide) groups is 1. The van der Waals surface area contributed by atoms with Crippen LogP contribution in [0.15, 0.2) is 0 Å². The van der Waals surface area contributed by atoms with Crippen LogP contribution in [0, 0.1) is 0 Å². The lowest BCUT2D eigenvalue weighted by Crippen LogP contribution is -2.51. The summed E-state index contributed by atoms with van der Waals surface area (Å²) in [5.41, 5.74) is 0. The van der Waals surface area contributed by atoms with Gasteiger partial charge in [-0.25, -0.2) is 0 Å². The lowest BCUT2D eigenvalue weighted by molar-refractivity contribution is -0.125. The van der Waals surface area contributed by atoms with Gasteiger partial charge >= 0.3 is 0 Å². The topological polar surface area (TPSA) is 49.3 Å². The fraction of sp³-hybridized carbons (Fsp3) is 0.917. The average Bonchev–Trinajstić information content (AvgIpc) is 2.70. The molecule has 0 bridgehead atoms. The summed E-state index contributed by atoms with van der Waals surface area (Å²) in [5, 5.41) is 12.9. The van der Waals surface area contributed by atoms with E-state index in [1.165, 1.54) is 0 Å². The van der Waals surface area contributed by atoms with Gasteiger partial charge in [0.1, 0.15) is 0 Å². The Hall–Kier alpha value is -0.220. The van der Waals surface area contributed by atoms with Crippen LogP contribution in [-0.2, 0) is 4.79 Å². The minimum Gasteiger partial charge on any atom is -0.391 e. The van der Waals surface area contributed by atoms with Gasteiger partial charge in [-0.05, 0) is 38.4 Å². The first-order valence-electron chi connectivity index (χ1n) is 6.25. The molecule has 1 aliphatic carbocycles. The third-order valence-corrected chi connectivity index (χ3v) is 5.26. The average molecular weight is 243 g/mol. The zero-order valence-corrected chi connectivity index (χ0v) is 10.7. The van der Waals surface area contributed by atoms with Gasteiger partial charge in [0.2, 0.25) is 5.91 Å². The van der Waals surface area contributed by atoms with Crippen LogP contribution in [0.2, 0.25) is 0 Å². The zero-order valence-electron chi connectivity index (χ0n) is 9.87. The van der Waals surface area contributed by atoms with Crippen molar-refractivity contribution in [3.8, 4) is 0 Å². The van der Waals surface area contributed by atoms with Gasteiger partial charge in [0.15, 0.2) is 0 Å². The largest absolute Gasteiger partial charge is 0.391 e. The fourth-order valence-corrected chi connectivity index (χ4v) is 3.78. The molecule has 1 aliphatic heterocycles. The van der Waals surface area contributed by atoms with Crippen LogP contribution in [0.3, 0.4) is 0 Å². The highest BCUT2D eigenvalue weighted by Gasteiger charge is 2.39. The number of aliphatic hydroxyl groups is 1. The fourth-order valence-electron chi connectivity index (χ4n) is 2.56. The molecular weight excluding hydrogens is 222 g/mol. The van der Waals surface area contributed by atoms with E-state index in [2.05, 4.69) is 5.32 Å². The maximum Gasteiger partial charge on any atom is 0.236 e. The number of rotatable bonds is 2. The van der Waals surface area contributed by atoms with Crippen molar-refractivity contribution in [3.63, 3.8) is 0 Å². The number of amides is 1. The van der Waals surface area contributed by atoms with Crippen LogP contribution in [0.25, 0.3) is 0 Å². The molecule has 3 nitrogen and oxygen atoms in total. The molecule has 0 aromatic carbocycles. The third-order valence-electron chi connectivity index (χ3n) is 3.75. The van der Waals surface area contributed by atoms with Crippen molar-refractivity contribution in [2.75, 3.05) is 5.75 Å². The van der Waals surface area contributed by atoms with Gasteiger partial charge in [0.25, 0.3) is 0 Å². The number of aliphatic hydroxyl groups excluding tert-OH is 1. The molecule has 3 atom stereocenters. The Kier molecular flexibility index (Phi) is 3.80. The van der Waals surface area contributed by atoms with Gasteiger partial charge in [-0.1, -0.05) is 12.8 Å². The van der Waals surface area contributed by atoms with Crippen molar-refractivity contribution < 1.29 is 9.90 Å². The van der Waals surface area contributed by atoms with Crippen molar-refractivity contribution in [2.24, 2.45) is 0 Å². The highest BCUT2D eigenvalue weighted by atomic mass is 32.2. The molecule has 2 N–H and O–H groups in total. The molecule has 2 rings (SSSR count). The SMILES string of the molecule is CC1(C(=O)NC2CCCCC2O)CCCS1. The summed E-state index contributed by atoms with van der Waals surface area (Å²) in [5.74, 6) is 1.21. The Morgan fingerprint density at radius 3 is 2.75 bits per heavy atom. The minimum absolute atomic E-state index is 0.0146. The smallest absolute Gasteiger partial charge is 0.236 e. The van der Waals surface area contributed by atoms with Crippen molar-refractivity contribution in [1.29, 1.82) is 0 Å². The van der Waals surface area contributed by atoms with Crippen molar-refractivity contribution in [3.05, 3.63) is 0 Å². The quantitative estimate of drug-likeness (QED) is 0.776. The molecule has 0 radical (unpaired) electrons. The van der Waals surface area contributed by atoms with Gasteiger partial charge in [-0.2, -0.15) is 0 Å². The molecule has 1 saturated carbocycles. The molecule has 4 heteroatoms. The van der Waals surface area contributed by atoms with E-state index < -0.39 is 0 Å². The molecule has 1 heterocycles. The lowest BCUT2D eigenvalue weighted by Gasteiger charge is -2.31. The molecule has 3 unspecified atom stereocenters. The normalized spacial score (nSPS) is 39.6. The first kappa shape index (κ1) is 12.2. The van der Waals surface area contributed by atoms with Crippen LogP contribution >= 0.6 is 11.8 Å². The van der Waals surface area contributed by atoms with E-state index in [4.69, 9.17) is 0 Å². The van der Waals surface area contributed by atoms with E-state index in [-0.39, 0.29) is 22.8 Å². The summed E-state index contributed by atoms with van der Waals surface area (Å²) in [4.78, 5) is 12.1. The first-order chi connectivity index (χ1) is 7.62. The van der Waals surface area contributed by atoms with Crippen LogP contribution in [-0.4, -0.2) is 33.7 Å². The maximum absolute atomic E-state index is 12.1. The van der Waals surface area contributed by atoms with E-state index >= 15 is 0 Å². The third kappa shape index (κ3) is 2.54. The van der Waals surface area contributed by atoms with E-state index in [0.29, 0.717) is 0 Å². The number of nitrogens with one attached hydrogen (secondary N) is 1. The molecule has 0 aromatic heterocycles. The first-order valence-corrected chi connectivity index (χ1v) is 7.23. The predicted molar refractivity (Wildman–Crippen MR) is 66.5 cm³/mol. The second-order valence-corrected chi connectivity index (χ2v) is 6.71. The molecule has 0 aromatic rings. The monoisotopic (exact) mass is 243 g/mol. The molecule has 0 spiro atoms. The van der Waals surface area contributed by atoms with Gasteiger partial charge in [-0.15, -0.1) is 11.8 Å². The van der Waals surface area contributed by atoms with Crippen molar-refractivity contribution >= 4 is 17.7 Å². The number of hydrogen-bond acceptors (Lipinski definition) is 3. The Morgan fingerprint density at radius 1 is 1.38 bits per heavy atom. The van der Waals surface area contributed by atoms with E-state index in [1.807, 2.05) is 6.92 Å². The molecule has 92 valence electrons. The minimum atomic E-state index is -0.340. The Labute approximate surface area is 101 Å². The lowest BCUT2D eigenvalue weighted by atomic mass is 9.92. The number of carbonyl (C=O) groups excluding carboxylic acids is 1. The summed E-state index contributed by atoms with van der Waals surface area (Å²) in [6, 6.07) is -0.0146. The predicted octanol–water partition coefficient (Wildman–Crippen LogP) is 1.69. The second-order valence-electron chi connectivity index (χ2n) is 5.11. The Bertz CT molecular complexity index is 264. The van der Waals surface area contributed by atoms with E-state index in [9.17, 15) is 9.90 Å². The van der Waals surface area contributed by atoms with Gasteiger partial charge in [0, 0.05) is 0 Å². The van der Waals surface area contributed by atoms with Crippen LogP contribution in [0.1, 0.15) is 45.4 Å². The van der Waals surface area contributed by atoms with E-state index in [1.54, 1.807) is 11.8 Å². The molecule has 16 heavy (non-hydrogen) atoms. The standard InChI is InChI=1S/C12H21NO2S/c1-12(7-4-8-16-12)11(15)13-9-5-2-3-6-10(9)14/h9-10,14H,2-8H2,1H3,(H,13,15). The second kappa shape index (κ2) is 4.96. The highest BCUT2D eigenvalue weighted by molar-refractivity contribution is 8.01. The summed E-state index contributed by atoms with van der Waals surface area (Å²) in [6.07, 6.45) is 5.70. The van der Waals surface area contributed by atoms with E-state index in [0.717, 1.165) is 44.3 Å². The van der Waals surface area contributed by atoms with Crippen LogP contribution < -0.4 is 5.32 Å². The molecule has 2 aliphatic rings.